The van der Waals surface area contributed by atoms with E-state index in [9.17, 15) is 9.59 Å². The number of amides is 1. The van der Waals surface area contributed by atoms with Gasteiger partial charge in [-0.05, 0) is 17.7 Å². The lowest BCUT2D eigenvalue weighted by Crippen LogP contribution is -2.14. The van der Waals surface area contributed by atoms with Crippen molar-refractivity contribution in [1.29, 1.82) is 5.26 Å². The number of nitriles is 1. The lowest BCUT2D eigenvalue weighted by atomic mass is 10.0. The van der Waals surface area contributed by atoms with Crippen molar-refractivity contribution >= 4 is 17.4 Å². The molecule has 2 aromatic rings. The van der Waals surface area contributed by atoms with Crippen LogP contribution in [0.15, 0.2) is 54.6 Å². The molecule has 4 heteroatoms. The molecule has 0 atom stereocenters. The zero-order valence-electron chi connectivity index (χ0n) is 11.4. The Morgan fingerprint density at radius 3 is 2.38 bits per heavy atom. The molecule has 0 aliphatic heterocycles. The number of hydrogen-bond donors (Lipinski definition) is 1. The second-order valence-electron chi connectivity index (χ2n) is 4.51. The van der Waals surface area contributed by atoms with Crippen molar-refractivity contribution in [3.63, 3.8) is 0 Å². The van der Waals surface area contributed by atoms with Gasteiger partial charge >= 0.3 is 0 Å². The Labute approximate surface area is 123 Å². The predicted octanol–water partition coefficient (Wildman–Crippen LogP) is 2.96. The summed E-state index contributed by atoms with van der Waals surface area (Å²) in [6.07, 6.45) is 0.0349. The third-order valence-electron chi connectivity index (χ3n) is 2.95. The molecule has 0 fully saturated rings. The number of Topliss-reactive ketones (excluding diaryl/α,β-unsaturated/α-hetero) is 1. The molecular formula is C17H14N2O2. The number of ketones is 1. The second-order valence-corrected chi connectivity index (χ2v) is 4.51. The summed E-state index contributed by atoms with van der Waals surface area (Å²) >= 11 is 0. The molecule has 0 heterocycles. The minimum atomic E-state index is -0.419. The van der Waals surface area contributed by atoms with Gasteiger partial charge in [-0.25, -0.2) is 0 Å². The molecule has 0 bridgehead atoms. The lowest BCUT2D eigenvalue weighted by molar-refractivity contribution is -0.115. The molecule has 0 radical (unpaired) electrons. The Balaban J connectivity index is 2.18. The zero-order valence-corrected chi connectivity index (χ0v) is 11.4. The summed E-state index contributed by atoms with van der Waals surface area (Å²) in [6, 6.07) is 18.0. The van der Waals surface area contributed by atoms with E-state index in [0.29, 0.717) is 11.3 Å². The average molecular weight is 278 g/mol. The van der Waals surface area contributed by atoms with Crippen LogP contribution in [0.1, 0.15) is 22.3 Å². The zero-order chi connectivity index (χ0) is 15.1. The number of carbonyl (C=O) groups is 2. The monoisotopic (exact) mass is 278 g/mol. The first-order valence-corrected chi connectivity index (χ1v) is 6.53. The van der Waals surface area contributed by atoms with Crippen LogP contribution < -0.4 is 5.32 Å². The van der Waals surface area contributed by atoms with Crippen molar-refractivity contribution in [2.24, 2.45) is 0 Å². The van der Waals surface area contributed by atoms with Gasteiger partial charge in [0.1, 0.15) is 6.42 Å². The maximum absolute atomic E-state index is 12.4. The van der Waals surface area contributed by atoms with E-state index < -0.39 is 5.91 Å². The molecule has 1 amide bonds. The van der Waals surface area contributed by atoms with Crippen LogP contribution in [0.3, 0.4) is 0 Å². The lowest BCUT2D eigenvalue weighted by Gasteiger charge is -2.09. The molecule has 0 aliphatic carbocycles. The first-order valence-electron chi connectivity index (χ1n) is 6.53. The third-order valence-corrected chi connectivity index (χ3v) is 2.95. The highest BCUT2D eigenvalue weighted by atomic mass is 16.1. The molecule has 104 valence electrons. The van der Waals surface area contributed by atoms with Gasteiger partial charge in [-0.2, -0.15) is 5.26 Å². The summed E-state index contributed by atoms with van der Waals surface area (Å²) in [5.74, 6) is -0.494. The normalized spacial score (nSPS) is 9.67. The highest BCUT2D eigenvalue weighted by Crippen LogP contribution is 2.18. The molecular weight excluding hydrogens is 264 g/mol. The standard InChI is InChI=1S/C17H14N2O2/c18-11-10-17(21)19-15-9-5-4-8-14(15)16(20)12-13-6-2-1-3-7-13/h1-9H,10,12H2,(H,19,21). The maximum Gasteiger partial charge on any atom is 0.238 e. The number of para-hydroxylation sites is 1. The van der Waals surface area contributed by atoms with E-state index in [1.54, 1.807) is 30.3 Å². The number of rotatable bonds is 5. The fourth-order valence-corrected chi connectivity index (χ4v) is 1.98. The van der Waals surface area contributed by atoms with Crippen LogP contribution in [0.5, 0.6) is 0 Å². The van der Waals surface area contributed by atoms with E-state index in [2.05, 4.69) is 5.32 Å². The molecule has 0 spiro atoms. The van der Waals surface area contributed by atoms with E-state index in [4.69, 9.17) is 5.26 Å². The van der Waals surface area contributed by atoms with Crippen LogP contribution in [0.2, 0.25) is 0 Å². The largest absolute Gasteiger partial charge is 0.325 e. The van der Waals surface area contributed by atoms with Gasteiger partial charge in [0, 0.05) is 12.0 Å². The maximum atomic E-state index is 12.4. The van der Waals surface area contributed by atoms with Crippen molar-refractivity contribution < 1.29 is 9.59 Å². The summed E-state index contributed by atoms with van der Waals surface area (Å²) in [5.41, 5.74) is 1.81. The van der Waals surface area contributed by atoms with Crippen molar-refractivity contribution in [1.82, 2.24) is 0 Å². The van der Waals surface area contributed by atoms with Crippen LogP contribution in [-0.2, 0) is 11.2 Å². The van der Waals surface area contributed by atoms with Crippen LogP contribution >= 0.6 is 0 Å². The fraction of sp³-hybridized carbons (Fsp3) is 0.118. The SMILES string of the molecule is N#CCC(=O)Nc1ccccc1C(=O)Cc1ccccc1. The Bertz CT molecular complexity index is 687. The highest BCUT2D eigenvalue weighted by Gasteiger charge is 2.13. The first kappa shape index (κ1) is 14.5. The van der Waals surface area contributed by atoms with Crippen molar-refractivity contribution in [2.75, 3.05) is 5.32 Å². The number of nitrogens with zero attached hydrogens (tertiary/aromatic N) is 1. The minimum Gasteiger partial charge on any atom is -0.325 e. The van der Waals surface area contributed by atoms with Gasteiger partial charge < -0.3 is 5.32 Å². The number of benzene rings is 2. The van der Waals surface area contributed by atoms with Gasteiger partial charge in [-0.3, -0.25) is 9.59 Å². The van der Waals surface area contributed by atoms with E-state index in [1.165, 1.54) is 0 Å². The number of nitrogens with one attached hydrogen (secondary N) is 1. The number of hydrogen-bond acceptors (Lipinski definition) is 3. The van der Waals surface area contributed by atoms with Gasteiger partial charge in [0.2, 0.25) is 5.91 Å². The molecule has 2 rings (SSSR count). The quantitative estimate of drug-likeness (QED) is 0.855. The molecule has 1 N–H and O–H groups in total. The molecule has 0 saturated carbocycles. The van der Waals surface area contributed by atoms with Crippen LogP contribution in [0, 0.1) is 11.3 Å². The van der Waals surface area contributed by atoms with E-state index >= 15 is 0 Å². The molecule has 21 heavy (non-hydrogen) atoms. The minimum absolute atomic E-state index is 0.0749. The van der Waals surface area contributed by atoms with E-state index in [0.717, 1.165) is 5.56 Å². The van der Waals surface area contributed by atoms with Crippen molar-refractivity contribution in [3.8, 4) is 6.07 Å². The van der Waals surface area contributed by atoms with Crippen LogP contribution in [0.25, 0.3) is 0 Å². The summed E-state index contributed by atoms with van der Waals surface area (Å²) in [5, 5.41) is 11.1. The van der Waals surface area contributed by atoms with Crippen LogP contribution in [0.4, 0.5) is 5.69 Å². The fourth-order valence-electron chi connectivity index (χ4n) is 1.98. The van der Waals surface area contributed by atoms with Gasteiger partial charge in [0.25, 0.3) is 0 Å². The molecule has 0 aliphatic rings. The first-order chi connectivity index (χ1) is 10.2. The molecule has 4 nitrogen and oxygen atoms in total. The molecule has 0 aromatic heterocycles. The molecule has 0 saturated heterocycles. The van der Waals surface area contributed by atoms with Crippen molar-refractivity contribution in [3.05, 3.63) is 65.7 Å². The summed E-state index contributed by atoms with van der Waals surface area (Å²) < 4.78 is 0. The van der Waals surface area contributed by atoms with E-state index in [1.807, 2.05) is 30.3 Å². The van der Waals surface area contributed by atoms with E-state index in [-0.39, 0.29) is 18.6 Å². The second kappa shape index (κ2) is 7.01. The Hall–Kier alpha value is -2.93. The summed E-state index contributed by atoms with van der Waals surface area (Å²) in [6.45, 7) is 0. The summed E-state index contributed by atoms with van der Waals surface area (Å²) in [7, 11) is 0. The number of carbonyl (C=O) groups excluding carboxylic acids is 2. The smallest absolute Gasteiger partial charge is 0.238 e. The average Bonchev–Trinajstić information content (AvgIpc) is 2.49. The van der Waals surface area contributed by atoms with Crippen LogP contribution in [-0.4, -0.2) is 11.7 Å². The molecule has 0 unspecified atom stereocenters. The topological polar surface area (TPSA) is 70.0 Å². The Kier molecular flexibility index (Phi) is 4.84. The highest BCUT2D eigenvalue weighted by molar-refractivity contribution is 6.05. The van der Waals surface area contributed by atoms with Gasteiger partial charge in [-0.15, -0.1) is 0 Å². The van der Waals surface area contributed by atoms with Crippen molar-refractivity contribution in [2.45, 2.75) is 12.8 Å². The third kappa shape index (κ3) is 4.02. The van der Waals surface area contributed by atoms with Gasteiger partial charge in [0.05, 0.1) is 11.8 Å². The summed E-state index contributed by atoms with van der Waals surface area (Å²) in [4.78, 5) is 23.9. The Morgan fingerprint density at radius 1 is 1.00 bits per heavy atom. The van der Waals surface area contributed by atoms with Gasteiger partial charge in [0.15, 0.2) is 5.78 Å². The Morgan fingerprint density at radius 2 is 1.67 bits per heavy atom. The predicted molar refractivity (Wildman–Crippen MR) is 79.8 cm³/mol. The molecule has 2 aromatic carbocycles. The number of anilines is 1. The van der Waals surface area contributed by atoms with Gasteiger partial charge in [-0.1, -0.05) is 42.5 Å².